The minimum Gasteiger partial charge on any atom is -0.493 e. The summed E-state index contributed by atoms with van der Waals surface area (Å²) in [5, 5.41) is 0. The highest BCUT2D eigenvalue weighted by Crippen LogP contribution is 2.30. The van der Waals surface area contributed by atoms with Crippen LogP contribution < -0.4 is 9.47 Å². The van der Waals surface area contributed by atoms with E-state index in [0.29, 0.717) is 18.9 Å². The van der Waals surface area contributed by atoms with E-state index in [2.05, 4.69) is 0 Å². The van der Waals surface area contributed by atoms with Gasteiger partial charge in [-0.2, -0.15) is 0 Å². The number of carbonyl (C=O) groups is 1. The number of rotatable bonds is 8. The molecule has 0 aliphatic heterocycles. The van der Waals surface area contributed by atoms with Gasteiger partial charge in [-0.15, -0.1) is 0 Å². The fraction of sp³-hybridized carbons (Fsp3) is 0.381. The van der Waals surface area contributed by atoms with E-state index < -0.39 is 0 Å². The van der Waals surface area contributed by atoms with Crippen LogP contribution in [-0.2, 0) is 11.3 Å². The molecule has 0 spiro atoms. The third kappa shape index (κ3) is 4.76. The third-order valence-corrected chi connectivity index (χ3v) is 4.19. The second-order valence-electron chi connectivity index (χ2n) is 6.38. The van der Waals surface area contributed by atoms with E-state index in [4.69, 9.17) is 9.47 Å². The maximum atomic E-state index is 12.8. The van der Waals surface area contributed by atoms with Crippen LogP contribution in [0, 0.1) is 0 Å². The molecule has 0 bridgehead atoms. The van der Waals surface area contributed by atoms with Crippen molar-refractivity contribution in [1.82, 2.24) is 9.80 Å². The number of hydrogen-bond acceptors (Lipinski definition) is 4. The summed E-state index contributed by atoms with van der Waals surface area (Å²) < 4.78 is 11.0. The fourth-order valence-electron chi connectivity index (χ4n) is 2.93. The molecule has 1 unspecified atom stereocenters. The molecule has 5 nitrogen and oxygen atoms in total. The normalized spacial score (nSPS) is 11.9. The van der Waals surface area contributed by atoms with Gasteiger partial charge in [0.2, 0.25) is 5.91 Å². The van der Waals surface area contributed by atoms with Gasteiger partial charge in [0.1, 0.15) is 6.04 Å². The molecule has 5 heteroatoms. The van der Waals surface area contributed by atoms with Gasteiger partial charge in [-0.1, -0.05) is 36.4 Å². The SMILES string of the molecule is CCOc1ccc(CN(C)C(C(=O)N(C)C)c2ccccc2)cc1OC. The maximum Gasteiger partial charge on any atom is 0.244 e. The number of nitrogens with zero attached hydrogens (tertiary/aromatic N) is 2. The minimum atomic E-state index is -0.344. The standard InChI is InChI=1S/C21H28N2O3/c1-6-26-18-13-12-16(14-19(18)25-5)15-23(4)20(21(24)22(2)3)17-10-8-7-9-11-17/h7-14,20H,6,15H2,1-5H3. The first kappa shape index (κ1) is 19.8. The van der Waals surface area contributed by atoms with E-state index in [9.17, 15) is 4.79 Å². The number of hydrogen-bond donors (Lipinski definition) is 0. The highest BCUT2D eigenvalue weighted by molar-refractivity contribution is 5.82. The average molecular weight is 356 g/mol. The largest absolute Gasteiger partial charge is 0.493 e. The first-order chi connectivity index (χ1) is 12.5. The molecule has 26 heavy (non-hydrogen) atoms. The van der Waals surface area contributed by atoms with Gasteiger partial charge < -0.3 is 14.4 Å². The molecule has 0 saturated heterocycles. The van der Waals surface area contributed by atoms with Crippen LogP contribution in [-0.4, -0.2) is 50.6 Å². The van der Waals surface area contributed by atoms with Crippen molar-refractivity contribution in [1.29, 1.82) is 0 Å². The molecular weight excluding hydrogens is 328 g/mol. The van der Waals surface area contributed by atoms with Crippen molar-refractivity contribution in [2.24, 2.45) is 0 Å². The van der Waals surface area contributed by atoms with Gasteiger partial charge in [0.25, 0.3) is 0 Å². The second-order valence-corrected chi connectivity index (χ2v) is 6.38. The van der Waals surface area contributed by atoms with Crippen molar-refractivity contribution in [3.05, 3.63) is 59.7 Å². The van der Waals surface area contributed by atoms with Gasteiger partial charge in [0.15, 0.2) is 11.5 Å². The Hall–Kier alpha value is -2.53. The molecule has 140 valence electrons. The van der Waals surface area contributed by atoms with Gasteiger partial charge in [-0.05, 0) is 37.2 Å². The summed E-state index contributed by atoms with van der Waals surface area (Å²) in [7, 11) is 7.16. The molecule has 1 atom stereocenters. The van der Waals surface area contributed by atoms with Gasteiger partial charge in [-0.25, -0.2) is 0 Å². The van der Waals surface area contributed by atoms with E-state index in [0.717, 1.165) is 16.9 Å². The molecule has 0 radical (unpaired) electrons. The van der Waals surface area contributed by atoms with Crippen molar-refractivity contribution in [2.75, 3.05) is 34.9 Å². The Kier molecular flexibility index (Phi) is 7.04. The van der Waals surface area contributed by atoms with Crippen LogP contribution in [0.5, 0.6) is 11.5 Å². The van der Waals surface area contributed by atoms with E-state index in [-0.39, 0.29) is 11.9 Å². The van der Waals surface area contributed by atoms with Gasteiger partial charge in [0, 0.05) is 20.6 Å². The predicted octanol–water partition coefficient (Wildman–Crippen LogP) is 3.36. The van der Waals surface area contributed by atoms with E-state index >= 15 is 0 Å². The van der Waals surface area contributed by atoms with Crippen LogP contribution in [0.3, 0.4) is 0 Å². The number of likely N-dealkylation sites (N-methyl/N-ethyl adjacent to an activating group) is 2. The number of benzene rings is 2. The Morgan fingerprint density at radius 3 is 2.31 bits per heavy atom. The number of carbonyl (C=O) groups excluding carboxylic acids is 1. The zero-order chi connectivity index (χ0) is 19.1. The fourth-order valence-corrected chi connectivity index (χ4v) is 2.93. The summed E-state index contributed by atoms with van der Waals surface area (Å²) in [4.78, 5) is 16.5. The molecule has 2 rings (SSSR count). The molecule has 0 aliphatic carbocycles. The molecule has 1 amide bonds. The predicted molar refractivity (Wildman–Crippen MR) is 104 cm³/mol. The Bertz CT molecular complexity index is 716. The summed E-state index contributed by atoms with van der Waals surface area (Å²) in [5.74, 6) is 1.48. The van der Waals surface area contributed by atoms with Crippen LogP contribution in [0.4, 0.5) is 0 Å². The van der Waals surface area contributed by atoms with Crippen molar-refractivity contribution in [3.8, 4) is 11.5 Å². The van der Waals surface area contributed by atoms with E-state index in [1.807, 2.05) is 67.4 Å². The smallest absolute Gasteiger partial charge is 0.244 e. The first-order valence-electron chi connectivity index (χ1n) is 8.74. The summed E-state index contributed by atoms with van der Waals surface area (Å²) in [5.41, 5.74) is 2.03. The zero-order valence-electron chi connectivity index (χ0n) is 16.2. The monoisotopic (exact) mass is 356 g/mol. The average Bonchev–Trinajstić information content (AvgIpc) is 2.64. The number of ether oxygens (including phenoxy) is 2. The lowest BCUT2D eigenvalue weighted by atomic mass is 10.0. The van der Waals surface area contributed by atoms with Crippen LogP contribution in [0.1, 0.15) is 24.1 Å². The first-order valence-corrected chi connectivity index (χ1v) is 8.74. The lowest BCUT2D eigenvalue weighted by molar-refractivity contribution is -0.134. The molecule has 0 aliphatic rings. The quantitative estimate of drug-likeness (QED) is 0.727. The molecule has 0 saturated carbocycles. The molecule has 2 aromatic rings. The van der Waals surface area contributed by atoms with E-state index in [1.165, 1.54) is 0 Å². The van der Waals surface area contributed by atoms with Crippen molar-refractivity contribution in [3.63, 3.8) is 0 Å². The second kappa shape index (κ2) is 9.25. The summed E-state index contributed by atoms with van der Waals surface area (Å²) in [6.07, 6.45) is 0. The van der Waals surface area contributed by atoms with Gasteiger partial charge >= 0.3 is 0 Å². The molecular formula is C21H28N2O3. The van der Waals surface area contributed by atoms with E-state index in [1.54, 1.807) is 26.1 Å². The number of amides is 1. The van der Waals surface area contributed by atoms with Crippen LogP contribution >= 0.6 is 0 Å². The Balaban J connectivity index is 2.27. The molecule has 0 aromatic heterocycles. The Morgan fingerprint density at radius 1 is 1.04 bits per heavy atom. The van der Waals surface area contributed by atoms with Gasteiger partial charge in [-0.3, -0.25) is 9.69 Å². The van der Waals surface area contributed by atoms with Crippen LogP contribution in [0.15, 0.2) is 48.5 Å². The Morgan fingerprint density at radius 2 is 1.73 bits per heavy atom. The topological polar surface area (TPSA) is 42.0 Å². The summed E-state index contributed by atoms with van der Waals surface area (Å²) in [6.45, 7) is 3.14. The molecule has 0 fully saturated rings. The lowest BCUT2D eigenvalue weighted by Crippen LogP contribution is -2.37. The highest BCUT2D eigenvalue weighted by Gasteiger charge is 2.26. The van der Waals surface area contributed by atoms with Gasteiger partial charge in [0.05, 0.1) is 13.7 Å². The van der Waals surface area contributed by atoms with Crippen LogP contribution in [0.25, 0.3) is 0 Å². The molecule has 0 heterocycles. The number of methoxy groups -OCH3 is 1. The highest BCUT2D eigenvalue weighted by atomic mass is 16.5. The van der Waals surface area contributed by atoms with Crippen LogP contribution in [0.2, 0.25) is 0 Å². The minimum absolute atomic E-state index is 0.0524. The molecule has 0 N–H and O–H groups in total. The third-order valence-electron chi connectivity index (χ3n) is 4.19. The van der Waals surface area contributed by atoms with Crippen molar-refractivity contribution in [2.45, 2.75) is 19.5 Å². The summed E-state index contributed by atoms with van der Waals surface area (Å²) >= 11 is 0. The lowest BCUT2D eigenvalue weighted by Gasteiger charge is -2.30. The maximum absolute atomic E-state index is 12.8. The Labute approximate surface area is 156 Å². The van der Waals surface area contributed by atoms with Crippen molar-refractivity contribution >= 4 is 5.91 Å². The molecule has 2 aromatic carbocycles. The zero-order valence-corrected chi connectivity index (χ0v) is 16.2. The summed E-state index contributed by atoms with van der Waals surface area (Å²) in [6, 6.07) is 15.4. The van der Waals surface area contributed by atoms with Crippen molar-refractivity contribution < 1.29 is 14.3 Å².